The Hall–Kier alpha value is -2.19. The predicted molar refractivity (Wildman–Crippen MR) is 114 cm³/mol. The van der Waals surface area contributed by atoms with Crippen molar-refractivity contribution >= 4 is 40.0 Å². The first-order chi connectivity index (χ1) is 13.1. The van der Waals surface area contributed by atoms with Gasteiger partial charge in [0.2, 0.25) is 11.0 Å². The lowest BCUT2D eigenvalue weighted by Crippen LogP contribution is -2.54. The van der Waals surface area contributed by atoms with E-state index in [1.165, 1.54) is 11.3 Å². The SMILES string of the molecule is CCC(C)C(NC(=O)NC(C)(C)C)C(=O)Nc1nnc(-c2cccc(Cl)c2)s1. The van der Waals surface area contributed by atoms with Crippen LogP contribution >= 0.6 is 22.9 Å². The molecule has 0 aliphatic carbocycles. The quantitative estimate of drug-likeness (QED) is 0.645. The first-order valence-corrected chi connectivity index (χ1v) is 10.3. The third-order valence-corrected chi connectivity index (χ3v) is 5.12. The normalized spacial score (nSPS) is 13.5. The number of urea groups is 1. The molecule has 0 spiro atoms. The summed E-state index contributed by atoms with van der Waals surface area (Å²) in [6, 6.07) is 6.19. The fourth-order valence-corrected chi connectivity index (χ4v) is 3.35. The first kappa shape index (κ1) is 22.1. The van der Waals surface area contributed by atoms with Gasteiger partial charge in [0, 0.05) is 16.1 Å². The van der Waals surface area contributed by atoms with Gasteiger partial charge in [-0.25, -0.2) is 4.79 Å². The van der Waals surface area contributed by atoms with Crippen LogP contribution in [0, 0.1) is 5.92 Å². The predicted octanol–water partition coefficient (Wildman–Crippen LogP) is 4.31. The third kappa shape index (κ3) is 6.45. The van der Waals surface area contributed by atoms with Crippen molar-refractivity contribution < 1.29 is 9.59 Å². The van der Waals surface area contributed by atoms with Gasteiger partial charge in [-0.15, -0.1) is 10.2 Å². The number of amides is 3. The Balaban J connectivity index is 2.10. The molecule has 28 heavy (non-hydrogen) atoms. The Bertz CT molecular complexity index is 834. The summed E-state index contributed by atoms with van der Waals surface area (Å²) in [5.41, 5.74) is 0.428. The Morgan fingerprint density at radius 3 is 2.57 bits per heavy atom. The number of nitrogens with one attached hydrogen (secondary N) is 3. The smallest absolute Gasteiger partial charge is 0.315 e. The number of aromatic nitrogens is 2. The molecule has 1 heterocycles. The third-order valence-electron chi connectivity index (χ3n) is 4.00. The Morgan fingerprint density at radius 2 is 1.96 bits per heavy atom. The van der Waals surface area contributed by atoms with Crippen molar-refractivity contribution in [3.63, 3.8) is 0 Å². The molecule has 2 rings (SSSR count). The highest BCUT2D eigenvalue weighted by molar-refractivity contribution is 7.18. The Kier molecular flexibility index (Phi) is 7.37. The zero-order chi connectivity index (χ0) is 20.9. The van der Waals surface area contributed by atoms with Crippen LogP contribution in [0.25, 0.3) is 10.6 Å². The number of carbonyl (C=O) groups excluding carboxylic acids is 2. The van der Waals surface area contributed by atoms with Gasteiger partial charge in [-0.05, 0) is 38.8 Å². The molecule has 152 valence electrons. The summed E-state index contributed by atoms with van der Waals surface area (Å²) in [5, 5.41) is 18.1. The van der Waals surface area contributed by atoms with Gasteiger partial charge in [0.15, 0.2) is 0 Å². The number of halogens is 1. The summed E-state index contributed by atoms with van der Waals surface area (Å²) < 4.78 is 0. The fraction of sp³-hybridized carbons (Fsp3) is 0.474. The van der Waals surface area contributed by atoms with E-state index in [9.17, 15) is 9.59 Å². The summed E-state index contributed by atoms with van der Waals surface area (Å²) in [6.07, 6.45) is 0.734. The molecule has 0 aliphatic rings. The van der Waals surface area contributed by atoms with Crippen LogP contribution in [0.2, 0.25) is 5.02 Å². The minimum Gasteiger partial charge on any atom is -0.334 e. The molecule has 9 heteroatoms. The van der Waals surface area contributed by atoms with Gasteiger partial charge < -0.3 is 10.6 Å². The van der Waals surface area contributed by atoms with Crippen molar-refractivity contribution in [2.75, 3.05) is 5.32 Å². The average Bonchev–Trinajstić information content (AvgIpc) is 3.06. The number of hydrogen-bond acceptors (Lipinski definition) is 5. The second-order valence-electron chi connectivity index (χ2n) is 7.62. The largest absolute Gasteiger partial charge is 0.334 e. The minimum atomic E-state index is -0.689. The van der Waals surface area contributed by atoms with E-state index in [1.54, 1.807) is 12.1 Å². The molecule has 0 bridgehead atoms. The number of anilines is 1. The molecular formula is C19H26ClN5O2S. The molecule has 3 amide bonds. The highest BCUT2D eigenvalue weighted by Gasteiger charge is 2.28. The van der Waals surface area contributed by atoms with Gasteiger partial charge in [0.1, 0.15) is 11.0 Å². The zero-order valence-corrected chi connectivity index (χ0v) is 18.2. The summed E-state index contributed by atoms with van der Waals surface area (Å²) >= 11 is 7.26. The lowest BCUT2D eigenvalue weighted by molar-refractivity contribution is -0.119. The molecule has 2 aromatic rings. The van der Waals surface area contributed by atoms with Gasteiger partial charge >= 0.3 is 6.03 Å². The van der Waals surface area contributed by atoms with Crippen molar-refractivity contribution in [2.45, 2.75) is 52.6 Å². The van der Waals surface area contributed by atoms with Gasteiger partial charge in [-0.2, -0.15) is 0 Å². The van der Waals surface area contributed by atoms with Crippen LogP contribution in [0.3, 0.4) is 0 Å². The summed E-state index contributed by atoms with van der Waals surface area (Å²) in [4.78, 5) is 25.0. The molecule has 0 aliphatic heterocycles. The van der Waals surface area contributed by atoms with Gasteiger partial charge in [0.25, 0.3) is 0 Å². The first-order valence-electron chi connectivity index (χ1n) is 9.08. The number of rotatable bonds is 6. The molecule has 2 atom stereocenters. The van der Waals surface area contributed by atoms with Crippen LogP contribution in [0.1, 0.15) is 41.0 Å². The average molecular weight is 424 g/mol. The lowest BCUT2D eigenvalue weighted by atomic mass is 9.98. The van der Waals surface area contributed by atoms with Gasteiger partial charge in [0.05, 0.1) is 0 Å². The van der Waals surface area contributed by atoms with Crippen molar-refractivity contribution in [1.82, 2.24) is 20.8 Å². The van der Waals surface area contributed by atoms with Crippen LogP contribution in [-0.4, -0.2) is 33.7 Å². The zero-order valence-electron chi connectivity index (χ0n) is 16.7. The highest BCUT2D eigenvalue weighted by Crippen LogP contribution is 2.28. The Morgan fingerprint density at radius 1 is 1.25 bits per heavy atom. The van der Waals surface area contributed by atoms with E-state index in [0.29, 0.717) is 15.2 Å². The van der Waals surface area contributed by atoms with Crippen LogP contribution in [0.5, 0.6) is 0 Å². The molecule has 7 nitrogen and oxygen atoms in total. The van der Waals surface area contributed by atoms with E-state index < -0.39 is 11.6 Å². The van der Waals surface area contributed by atoms with E-state index >= 15 is 0 Å². The fourth-order valence-electron chi connectivity index (χ4n) is 2.41. The monoisotopic (exact) mass is 423 g/mol. The van der Waals surface area contributed by atoms with Crippen molar-refractivity contribution in [2.24, 2.45) is 5.92 Å². The molecular weight excluding hydrogens is 398 g/mol. The van der Waals surface area contributed by atoms with E-state index in [2.05, 4.69) is 26.1 Å². The summed E-state index contributed by atoms with van der Waals surface area (Å²) in [6.45, 7) is 9.52. The van der Waals surface area contributed by atoms with Gasteiger partial charge in [-0.1, -0.05) is 55.3 Å². The second-order valence-corrected chi connectivity index (χ2v) is 9.04. The number of nitrogens with zero attached hydrogens (tertiary/aromatic N) is 2. The molecule has 1 aromatic heterocycles. The number of hydrogen-bond donors (Lipinski definition) is 3. The van der Waals surface area contributed by atoms with Crippen molar-refractivity contribution in [3.05, 3.63) is 29.3 Å². The molecule has 1 aromatic carbocycles. The number of carbonyl (C=O) groups is 2. The second kappa shape index (κ2) is 9.34. The van der Waals surface area contributed by atoms with Crippen LogP contribution in [-0.2, 0) is 4.79 Å². The van der Waals surface area contributed by atoms with Crippen LogP contribution in [0.15, 0.2) is 24.3 Å². The maximum absolute atomic E-state index is 12.8. The molecule has 0 radical (unpaired) electrons. The van der Waals surface area contributed by atoms with Crippen molar-refractivity contribution in [1.29, 1.82) is 0 Å². The maximum Gasteiger partial charge on any atom is 0.315 e. The summed E-state index contributed by atoms with van der Waals surface area (Å²) in [5.74, 6) is -0.377. The highest BCUT2D eigenvalue weighted by atomic mass is 35.5. The molecule has 0 fully saturated rings. The topological polar surface area (TPSA) is 96.0 Å². The van der Waals surface area contributed by atoms with E-state index in [0.717, 1.165) is 12.0 Å². The number of benzene rings is 1. The molecule has 0 saturated carbocycles. The van der Waals surface area contributed by atoms with Gasteiger partial charge in [-0.3, -0.25) is 10.1 Å². The van der Waals surface area contributed by atoms with E-state index in [-0.39, 0.29) is 17.9 Å². The Labute approximate surface area is 174 Å². The molecule has 2 unspecified atom stereocenters. The lowest BCUT2D eigenvalue weighted by Gasteiger charge is -2.26. The minimum absolute atomic E-state index is 0.0500. The van der Waals surface area contributed by atoms with E-state index in [4.69, 9.17) is 11.6 Å². The standard InChI is InChI=1S/C19H26ClN5O2S/c1-6-11(2)14(21-17(27)23-19(3,4)5)15(26)22-18-25-24-16(28-18)12-8-7-9-13(20)10-12/h7-11,14H,6H2,1-5H3,(H2,21,23,27)(H,22,25,26). The molecule has 3 N–H and O–H groups in total. The molecule has 0 saturated heterocycles. The summed E-state index contributed by atoms with van der Waals surface area (Å²) in [7, 11) is 0. The maximum atomic E-state index is 12.8. The van der Waals surface area contributed by atoms with Crippen LogP contribution < -0.4 is 16.0 Å². The van der Waals surface area contributed by atoms with E-state index in [1.807, 2.05) is 46.8 Å². The van der Waals surface area contributed by atoms with Crippen LogP contribution in [0.4, 0.5) is 9.93 Å². The van der Waals surface area contributed by atoms with Crippen molar-refractivity contribution in [3.8, 4) is 10.6 Å².